The number of carbonyl (C=O) groups is 3. The van der Waals surface area contributed by atoms with Gasteiger partial charge in [-0.25, -0.2) is 4.79 Å². The first-order chi connectivity index (χ1) is 12.8. The van der Waals surface area contributed by atoms with E-state index in [9.17, 15) is 24.5 Å². The number of hydrogen-bond acceptors (Lipinski definition) is 6. The van der Waals surface area contributed by atoms with Crippen LogP contribution < -0.4 is 5.32 Å². The number of nitrogens with one attached hydrogen (secondary N) is 1. The SMILES string of the molecule is CN(C)C(=O)c1ccc(NC(=O)COC(=O)c2ccccc2[N+](=O)[O-])cc1. The second-order valence-electron chi connectivity index (χ2n) is 5.68. The summed E-state index contributed by atoms with van der Waals surface area (Å²) in [6.07, 6.45) is 0. The van der Waals surface area contributed by atoms with E-state index in [0.29, 0.717) is 11.3 Å². The minimum atomic E-state index is -0.968. The average molecular weight is 371 g/mol. The van der Waals surface area contributed by atoms with E-state index in [1.165, 1.54) is 29.2 Å². The van der Waals surface area contributed by atoms with Crippen LogP contribution in [0.5, 0.6) is 0 Å². The Bertz CT molecular complexity index is 877. The summed E-state index contributed by atoms with van der Waals surface area (Å²) in [5.41, 5.74) is 0.240. The van der Waals surface area contributed by atoms with Crippen LogP contribution in [-0.4, -0.2) is 48.3 Å². The van der Waals surface area contributed by atoms with Gasteiger partial charge in [-0.1, -0.05) is 12.1 Å². The molecule has 0 unspecified atom stereocenters. The second-order valence-corrected chi connectivity index (χ2v) is 5.68. The third-order valence-electron chi connectivity index (χ3n) is 3.48. The highest BCUT2D eigenvalue weighted by Gasteiger charge is 2.21. The zero-order valence-electron chi connectivity index (χ0n) is 14.7. The standard InChI is InChI=1S/C18H17N3O6/c1-20(2)17(23)12-7-9-13(10-8-12)19-16(22)11-27-18(24)14-5-3-4-6-15(14)21(25)26/h3-10H,11H2,1-2H3,(H,19,22). The fourth-order valence-corrected chi connectivity index (χ4v) is 2.17. The number of anilines is 1. The molecule has 0 aliphatic rings. The number of nitrogens with zero attached hydrogens (tertiary/aromatic N) is 2. The maximum absolute atomic E-state index is 12.0. The van der Waals surface area contributed by atoms with Gasteiger partial charge in [-0.2, -0.15) is 0 Å². The Morgan fingerprint density at radius 3 is 2.30 bits per heavy atom. The Kier molecular flexibility index (Phi) is 6.21. The number of para-hydroxylation sites is 1. The number of nitro groups is 1. The Morgan fingerprint density at radius 2 is 1.70 bits per heavy atom. The summed E-state index contributed by atoms with van der Waals surface area (Å²) in [5, 5.41) is 13.4. The number of ether oxygens (including phenoxy) is 1. The molecule has 0 saturated heterocycles. The van der Waals surface area contributed by atoms with Gasteiger partial charge in [0.15, 0.2) is 6.61 Å². The Morgan fingerprint density at radius 1 is 1.07 bits per heavy atom. The minimum Gasteiger partial charge on any atom is -0.452 e. The van der Waals surface area contributed by atoms with Crippen LogP contribution in [-0.2, 0) is 9.53 Å². The molecule has 0 aromatic heterocycles. The number of carbonyl (C=O) groups excluding carboxylic acids is 3. The lowest BCUT2D eigenvalue weighted by Crippen LogP contribution is -2.22. The molecular formula is C18H17N3O6. The number of esters is 1. The normalized spacial score (nSPS) is 10.0. The maximum Gasteiger partial charge on any atom is 0.345 e. The summed E-state index contributed by atoms with van der Waals surface area (Å²) in [6.45, 7) is -0.608. The molecule has 140 valence electrons. The fraction of sp³-hybridized carbons (Fsp3) is 0.167. The first-order valence-corrected chi connectivity index (χ1v) is 7.81. The van der Waals surface area contributed by atoms with E-state index >= 15 is 0 Å². The molecular weight excluding hydrogens is 354 g/mol. The molecule has 0 bridgehead atoms. The monoisotopic (exact) mass is 371 g/mol. The molecule has 0 fully saturated rings. The Labute approximate surface area is 154 Å². The molecule has 0 aliphatic heterocycles. The van der Waals surface area contributed by atoms with Crippen molar-refractivity contribution in [1.82, 2.24) is 4.90 Å². The van der Waals surface area contributed by atoms with Crippen molar-refractivity contribution in [1.29, 1.82) is 0 Å². The van der Waals surface area contributed by atoms with Crippen molar-refractivity contribution in [2.24, 2.45) is 0 Å². The molecule has 27 heavy (non-hydrogen) atoms. The van der Waals surface area contributed by atoms with Crippen molar-refractivity contribution >= 4 is 29.2 Å². The molecule has 0 aliphatic carbocycles. The molecule has 2 amide bonds. The van der Waals surface area contributed by atoms with Crippen LogP contribution in [0, 0.1) is 10.1 Å². The van der Waals surface area contributed by atoms with Gasteiger partial charge in [0.05, 0.1) is 4.92 Å². The Balaban J connectivity index is 1.94. The molecule has 9 nitrogen and oxygen atoms in total. The Hall–Kier alpha value is -3.75. The van der Waals surface area contributed by atoms with Crippen LogP contribution in [0.4, 0.5) is 11.4 Å². The van der Waals surface area contributed by atoms with Gasteiger partial charge >= 0.3 is 5.97 Å². The van der Waals surface area contributed by atoms with Crippen molar-refractivity contribution in [3.63, 3.8) is 0 Å². The van der Waals surface area contributed by atoms with E-state index < -0.39 is 29.1 Å². The third kappa shape index (κ3) is 5.11. The van der Waals surface area contributed by atoms with Crippen LogP contribution in [0.25, 0.3) is 0 Å². The van der Waals surface area contributed by atoms with E-state index in [0.717, 1.165) is 0 Å². The number of benzene rings is 2. The van der Waals surface area contributed by atoms with Crippen molar-refractivity contribution in [3.8, 4) is 0 Å². The van der Waals surface area contributed by atoms with Gasteiger partial charge in [-0.3, -0.25) is 19.7 Å². The van der Waals surface area contributed by atoms with E-state index in [-0.39, 0.29) is 11.5 Å². The maximum atomic E-state index is 12.0. The molecule has 2 aromatic carbocycles. The molecule has 0 heterocycles. The van der Waals surface area contributed by atoms with Crippen LogP contribution in [0.1, 0.15) is 20.7 Å². The molecule has 0 atom stereocenters. The van der Waals surface area contributed by atoms with E-state index in [1.807, 2.05) is 0 Å². The summed E-state index contributed by atoms with van der Waals surface area (Å²) < 4.78 is 4.83. The predicted octanol–water partition coefficient (Wildman–Crippen LogP) is 2.09. The molecule has 0 saturated carbocycles. The van der Waals surface area contributed by atoms with Gasteiger partial charge in [0.25, 0.3) is 17.5 Å². The highest BCUT2D eigenvalue weighted by Crippen LogP contribution is 2.18. The van der Waals surface area contributed by atoms with Crippen LogP contribution in [0.15, 0.2) is 48.5 Å². The first kappa shape index (κ1) is 19.6. The van der Waals surface area contributed by atoms with Gasteiger partial charge in [0.2, 0.25) is 0 Å². The highest BCUT2D eigenvalue weighted by molar-refractivity contribution is 5.98. The largest absolute Gasteiger partial charge is 0.452 e. The van der Waals surface area contributed by atoms with E-state index in [4.69, 9.17) is 4.74 Å². The van der Waals surface area contributed by atoms with Crippen molar-refractivity contribution < 1.29 is 24.0 Å². The molecule has 9 heteroatoms. The number of amides is 2. The zero-order valence-corrected chi connectivity index (χ0v) is 14.7. The van der Waals surface area contributed by atoms with Gasteiger partial charge in [0, 0.05) is 31.4 Å². The lowest BCUT2D eigenvalue weighted by molar-refractivity contribution is -0.385. The van der Waals surface area contributed by atoms with Gasteiger partial charge in [0.1, 0.15) is 5.56 Å². The number of rotatable bonds is 6. The average Bonchev–Trinajstić information content (AvgIpc) is 2.66. The topological polar surface area (TPSA) is 119 Å². The van der Waals surface area contributed by atoms with Gasteiger partial charge in [-0.05, 0) is 30.3 Å². The van der Waals surface area contributed by atoms with Gasteiger partial charge in [-0.15, -0.1) is 0 Å². The summed E-state index contributed by atoms with van der Waals surface area (Å²) in [7, 11) is 3.26. The van der Waals surface area contributed by atoms with Crippen molar-refractivity contribution in [2.75, 3.05) is 26.0 Å². The molecule has 0 spiro atoms. The summed E-state index contributed by atoms with van der Waals surface area (Å²) in [5.74, 6) is -1.76. The van der Waals surface area contributed by atoms with Crippen molar-refractivity contribution in [2.45, 2.75) is 0 Å². The number of nitro benzene ring substituents is 1. The smallest absolute Gasteiger partial charge is 0.345 e. The fourth-order valence-electron chi connectivity index (χ4n) is 2.17. The molecule has 0 radical (unpaired) electrons. The predicted molar refractivity (Wildman–Crippen MR) is 96.5 cm³/mol. The van der Waals surface area contributed by atoms with Gasteiger partial charge < -0.3 is 15.0 Å². The van der Waals surface area contributed by atoms with Crippen LogP contribution in [0.3, 0.4) is 0 Å². The number of hydrogen-bond donors (Lipinski definition) is 1. The second kappa shape index (κ2) is 8.56. The molecule has 2 aromatic rings. The molecule has 2 rings (SSSR count). The van der Waals surface area contributed by atoms with Crippen LogP contribution in [0.2, 0.25) is 0 Å². The third-order valence-corrected chi connectivity index (χ3v) is 3.48. The first-order valence-electron chi connectivity index (χ1n) is 7.81. The summed E-state index contributed by atoms with van der Waals surface area (Å²) >= 11 is 0. The van der Waals surface area contributed by atoms with Crippen LogP contribution >= 0.6 is 0 Å². The lowest BCUT2D eigenvalue weighted by Gasteiger charge is -2.11. The minimum absolute atomic E-state index is 0.175. The zero-order chi connectivity index (χ0) is 20.0. The lowest BCUT2D eigenvalue weighted by atomic mass is 10.2. The summed E-state index contributed by atoms with van der Waals surface area (Å²) in [4.78, 5) is 47.3. The van der Waals surface area contributed by atoms with Crippen molar-refractivity contribution in [3.05, 3.63) is 69.8 Å². The highest BCUT2D eigenvalue weighted by atomic mass is 16.6. The quantitative estimate of drug-likeness (QED) is 0.472. The molecule has 1 N–H and O–H groups in total. The van der Waals surface area contributed by atoms with E-state index in [1.54, 1.807) is 38.4 Å². The summed E-state index contributed by atoms with van der Waals surface area (Å²) in [6, 6.07) is 11.5. The van der Waals surface area contributed by atoms with E-state index in [2.05, 4.69) is 5.32 Å².